The maximum atomic E-state index is 2.81. The molecule has 0 saturated heterocycles. The highest BCUT2D eigenvalue weighted by Crippen LogP contribution is 2.62. The molecule has 77 heavy (non-hydrogen) atoms. The van der Waals surface area contributed by atoms with Crippen LogP contribution in [0, 0.1) is 6.92 Å². The first kappa shape index (κ1) is 50.5. The Labute approximate surface area is 463 Å². The van der Waals surface area contributed by atoms with Gasteiger partial charge in [0, 0.05) is 50.8 Å². The van der Waals surface area contributed by atoms with Gasteiger partial charge >= 0.3 is 0 Å². The van der Waals surface area contributed by atoms with Crippen LogP contribution in [0.5, 0.6) is 0 Å². The Morgan fingerprint density at radius 1 is 0.429 bits per heavy atom. The van der Waals surface area contributed by atoms with Gasteiger partial charge < -0.3 is 14.7 Å². The quantitative estimate of drug-likeness (QED) is 0.163. The van der Waals surface area contributed by atoms with Crippen molar-refractivity contribution in [3.8, 4) is 11.1 Å². The van der Waals surface area contributed by atoms with Crippen molar-refractivity contribution < 1.29 is 0 Å². The molecule has 13 rings (SSSR count). The third-order valence-electron chi connectivity index (χ3n) is 20.7. The summed E-state index contributed by atoms with van der Waals surface area (Å²) in [7, 11) is 0. The van der Waals surface area contributed by atoms with E-state index < -0.39 is 0 Å². The minimum absolute atomic E-state index is 0.00605. The predicted octanol–water partition coefficient (Wildman–Crippen LogP) is 18.0. The second kappa shape index (κ2) is 16.1. The molecule has 6 aliphatic rings. The zero-order valence-corrected chi connectivity index (χ0v) is 49.8. The van der Waals surface area contributed by atoms with Crippen LogP contribution >= 0.6 is 0 Å². The third kappa shape index (κ3) is 7.20. The highest BCUT2D eigenvalue weighted by atomic mass is 15.3. The molecular weight excluding hydrogens is 930 g/mol. The minimum atomic E-state index is -0.0977. The van der Waals surface area contributed by atoms with Crippen molar-refractivity contribution in [2.45, 2.75) is 200 Å². The molecule has 3 aliphatic carbocycles. The van der Waals surface area contributed by atoms with E-state index in [4.69, 9.17) is 0 Å². The normalized spacial score (nSPS) is 22.7. The SMILES string of the molecule is Cc1cc2c3c(c1)N(c1ccc(C(C)(C)C)cc1-c1ccccc1)c1cc(N4c5ccc(C(C)(C)C)cc5C5(C)CCCCC45C)ccc1B3c1cc3c(cc1N2c1ccc2c(c1)C(C)(C)CC2(C)C)C(C)(C)CC3(C)C. The number of rotatable bonds is 4. The van der Waals surface area contributed by atoms with Gasteiger partial charge in [-0.1, -0.05) is 183 Å². The zero-order chi connectivity index (χ0) is 54.5. The zero-order valence-electron chi connectivity index (χ0n) is 49.8. The molecule has 2 atom stereocenters. The highest BCUT2D eigenvalue weighted by Gasteiger charge is 2.58. The Hall–Kier alpha value is -6.00. The summed E-state index contributed by atoms with van der Waals surface area (Å²) in [6.45, 7) is 41.5. The van der Waals surface area contributed by atoms with E-state index in [2.05, 4.69) is 260 Å². The fraction of sp³-hybridized carbons (Fsp3) is 0.425. The lowest BCUT2D eigenvalue weighted by molar-refractivity contribution is 0.195. The van der Waals surface area contributed by atoms with Crippen LogP contribution in [0.3, 0.4) is 0 Å². The Morgan fingerprint density at radius 3 is 1.65 bits per heavy atom. The first-order valence-electron chi connectivity index (χ1n) is 29.4. The summed E-state index contributed by atoms with van der Waals surface area (Å²) in [4.78, 5) is 8.24. The fourth-order valence-corrected chi connectivity index (χ4v) is 17.0. The standard InChI is InChI=1S/C73H84BN3/c1-45-35-63-65-64(36-45)76(59-31-25-47(66(2,3)4)37-51(59)46-23-19-18-20-24-46)61-40-50(77-60-32-26-48(67(5,6)7)38-56(60)72(16)33-21-22-34-73(72,77)17)28-30-57(61)74(65)58-41-54-55(71(14,15)44-70(54,12)13)42-62(58)75(63)49-27-29-52-53(39-49)69(10,11)43-68(52,8)9/h18-20,23-32,35-42H,21-22,33-34,43-44H2,1-17H3. The fourth-order valence-electron chi connectivity index (χ4n) is 17.0. The van der Waals surface area contributed by atoms with Crippen LogP contribution in [0.25, 0.3) is 11.1 Å². The topological polar surface area (TPSA) is 9.72 Å². The Balaban J connectivity index is 1.13. The number of aryl methyl sites for hydroxylation is 1. The van der Waals surface area contributed by atoms with Crippen LogP contribution in [-0.2, 0) is 37.9 Å². The smallest absolute Gasteiger partial charge is 0.252 e. The monoisotopic (exact) mass is 1010 g/mol. The molecule has 0 spiro atoms. The van der Waals surface area contributed by atoms with Crippen molar-refractivity contribution >= 4 is 68.6 Å². The van der Waals surface area contributed by atoms with Crippen LogP contribution in [0.4, 0.5) is 45.5 Å². The number of anilines is 8. The number of hydrogen-bond acceptors (Lipinski definition) is 3. The van der Waals surface area contributed by atoms with Crippen molar-refractivity contribution in [1.82, 2.24) is 0 Å². The molecule has 7 aromatic carbocycles. The molecule has 0 aromatic heterocycles. The predicted molar refractivity (Wildman–Crippen MR) is 332 cm³/mol. The average molecular weight is 1010 g/mol. The van der Waals surface area contributed by atoms with Crippen molar-refractivity contribution in [1.29, 1.82) is 0 Å². The second-order valence-electron chi connectivity index (χ2n) is 30.1. The molecular formula is C73H84BN3. The summed E-state index contributed by atoms with van der Waals surface area (Å²) in [6.07, 6.45) is 7.11. The second-order valence-corrected chi connectivity index (χ2v) is 30.1. The molecule has 3 nitrogen and oxygen atoms in total. The lowest BCUT2D eigenvalue weighted by atomic mass is 9.33. The molecule has 1 fully saturated rings. The van der Waals surface area contributed by atoms with Crippen molar-refractivity contribution in [3.05, 3.63) is 172 Å². The highest BCUT2D eigenvalue weighted by molar-refractivity contribution is 7.00. The number of benzene rings is 7. The molecule has 7 aromatic rings. The molecule has 1 saturated carbocycles. The van der Waals surface area contributed by atoms with Gasteiger partial charge in [0.2, 0.25) is 0 Å². The van der Waals surface area contributed by atoms with E-state index in [-0.39, 0.29) is 50.2 Å². The van der Waals surface area contributed by atoms with Gasteiger partial charge in [0.25, 0.3) is 6.71 Å². The van der Waals surface area contributed by atoms with Gasteiger partial charge in [0.15, 0.2) is 0 Å². The number of hydrogen-bond donors (Lipinski definition) is 0. The van der Waals surface area contributed by atoms with Crippen LogP contribution in [0.2, 0.25) is 0 Å². The van der Waals surface area contributed by atoms with Crippen LogP contribution in [-0.4, -0.2) is 12.3 Å². The molecule has 2 unspecified atom stereocenters. The van der Waals surface area contributed by atoms with Crippen LogP contribution < -0.4 is 31.1 Å². The van der Waals surface area contributed by atoms with Crippen LogP contribution in [0.1, 0.15) is 194 Å². The Bertz CT molecular complexity index is 3630. The van der Waals surface area contributed by atoms with Gasteiger partial charge in [-0.05, 0) is 199 Å². The first-order valence-corrected chi connectivity index (χ1v) is 29.4. The van der Waals surface area contributed by atoms with Gasteiger partial charge in [0.1, 0.15) is 0 Å². The van der Waals surface area contributed by atoms with E-state index >= 15 is 0 Å². The van der Waals surface area contributed by atoms with Gasteiger partial charge in [-0.15, -0.1) is 0 Å². The Kier molecular flexibility index (Phi) is 10.5. The van der Waals surface area contributed by atoms with E-state index in [1.165, 1.54) is 137 Å². The molecule has 0 bridgehead atoms. The van der Waals surface area contributed by atoms with Crippen molar-refractivity contribution in [2.24, 2.45) is 0 Å². The molecule has 3 aliphatic heterocycles. The summed E-state index contributed by atoms with van der Waals surface area (Å²) >= 11 is 0. The Morgan fingerprint density at radius 2 is 0.987 bits per heavy atom. The lowest BCUT2D eigenvalue weighted by Gasteiger charge is -2.51. The summed E-state index contributed by atoms with van der Waals surface area (Å²) < 4.78 is 0. The minimum Gasteiger partial charge on any atom is -0.334 e. The van der Waals surface area contributed by atoms with Gasteiger partial charge in [-0.2, -0.15) is 0 Å². The molecule has 394 valence electrons. The maximum Gasteiger partial charge on any atom is 0.252 e. The van der Waals surface area contributed by atoms with E-state index in [0.717, 1.165) is 19.3 Å². The van der Waals surface area contributed by atoms with E-state index in [9.17, 15) is 0 Å². The summed E-state index contributed by atoms with van der Waals surface area (Å²) in [6, 6.07) is 51.8. The first-order chi connectivity index (χ1) is 36.0. The average Bonchev–Trinajstić information content (AvgIpc) is 3.88. The largest absolute Gasteiger partial charge is 0.334 e. The molecule has 4 heteroatoms. The van der Waals surface area contributed by atoms with E-state index in [1.807, 2.05) is 0 Å². The number of fused-ring (bicyclic) bond motifs is 9. The molecule has 0 amide bonds. The third-order valence-corrected chi connectivity index (χ3v) is 20.7. The van der Waals surface area contributed by atoms with Crippen molar-refractivity contribution in [2.75, 3.05) is 14.7 Å². The van der Waals surface area contributed by atoms with Gasteiger partial charge in [-0.25, -0.2) is 0 Å². The molecule has 3 heterocycles. The number of nitrogens with zero attached hydrogens (tertiary/aromatic N) is 3. The van der Waals surface area contributed by atoms with E-state index in [1.54, 1.807) is 0 Å². The lowest BCUT2D eigenvalue weighted by Crippen LogP contribution is -2.61. The van der Waals surface area contributed by atoms with E-state index in [0.29, 0.717) is 0 Å². The summed E-state index contributed by atoms with van der Waals surface area (Å²) in [5, 5.41) is 0. The summed E-state index contributed by atoms with van der Waals surface area (Å²) in [5.74, 6) is 0. The van der Waals surface area contributed by atoms with Gasteiger partial charge in [-0.3, -0.25) is 0 Å². The summed E-state index contributed by atoms with van der Waals surface area (Å²) in [5.41, 5.74) is 28.7. The maximum absolute atomic E-state index is 2.81. The molecule has 0 radical (unpaired) electrons. The van der Waals surface area contributed by atoms with Crippen molar-refractivity contribution in [3.63, 3.8) is 0 Å². The molecule has 0 N–H and O–H groups in total. The van der Waals surface area contributed by atoms with Crippen LogP contribution in [0.15, 0.2) is 127 Å². The van der Waals surface area contributed by atoms with Gasteiger partial charge in [0.05, 0.1) is 11.2 Å².